The number of fused-ring (bicyclic) bond motifs is 1. The smallest absolute Gasteiger partial charge is 0.336 e. The molecule has 0 aliphatic carbocycles. The van der Waals surface area contributed by atoms with E-state index in [0.717, 1.165) is 0 Å². The third-order valence-corrected chi connectivity index (χ3v) is 5.66. The van der Waals surface area contributed by atoms with Gasteiger partial charge in [0.05, 0.1) is 21.8 Å². The molecule has 0 aliphatic heterocycles. The number of amides is 1. The maximum atomic E-state index is 12.8. The predicted molar refractivity (Wildman–Crippen MR) is 131 cm³/mol. The van der Waals surface area contributed by atoms with Crippen molar-refractivity contribution >= 4 is 40.1 Å². The van der Waals surface area contributed by atoms with Crippen LogP contribution in [0, 0.1) is 0 Å². The first-order valence-electron chi connectivity index (χ1n) is 10.4. The highest BCUT2D eigenvalue weighted by molar-refractivity contribution is 6.33. The zero-order valence-corrected chi connectivity index (χ0v) is 18.4. The van der Waals surface area contributed by atoms with Crippen LogP contribution in [0.1, 0.15) is 20.9 Å². The lowest BCUT2D eigenvalue weighted by molar-refractivity contribution is 0.0698. The maximum absolute atomic E-state index is 12.8. The first-order chi connectivity index (χ1) is 16.5. The highest BCUT2D eigenvalue weighted by atomic mass is 35.5. The van der Waals surface area contributed by atoms with Crippen LogP contribution in [0.5, 0.6) is 0 Å². The summed E-state index contributed by atoms with van der Waals surface area (Å²) in [7, 11) is 0. The average Bonchev–Trinajstić information content (AvgIpc) is 3.34. The molecule has 2 heterocycles. The van der Waals surface area contributed by atoms with Crippen molar-refractivity contribution < 1.29 is 19.1 Å². The first kappa shape index (κ1) is 21.4. The molecule has 0 atom stereocenters. The molecule has 166 valence electrons. The lowest BCUT2D eigenvalue weighted by Crippen LogP contribution is -2.10. The molecule has 1 amide bonds. The number of nitrogens with one attached hydrogen (secondary N) is 1. The predicted octanol–water partition coefficient (Wildman–Crippen LogP) is 6.77. The van der Waals surface area contributed by atoms with Crippen LogP contribution >= 0.6 is 11.6 Å². The topological polar surface area (TPSA) is 92.4 Å². The Kier molecular flexibility index (Phi) is 5.57. The zero-order chi connectivity index (χ0) is 23.7. The van der Waals surface area contributed by atoms with Crippen LogP contribution in [0.3, 0.4) is 0 Å². The number of carbonyl (C=O) groups is 2. The van der Waals surface area contributed by atoms with E-state index >= 15 is 0 Å². The number of benzene rings is 3. The van der Waals surface area contributed by atoms with Gasteiger partial charge in [0.25, 0.3) is 5.91 Å². The van der Waals surface area contributed by atoms with Gasteiger partial charge in [0, 0.05) is 22.2 Å². The normalized spacial score (nSPS) is 10.9. The summed E-state index contributed by atoms with van der Waals surface area (Å²) in [4.78, 5) is 29.2. The van der Waals surface area contributed by atoms with Crippen molar-refractivity contribution in [1.29, 1.82) is 0 Å². The molecule has 6 nitrogen and oxygen atoms in total. The lowest BCUT2D eigenvalue weighted by Gasteiger charge is -2.09. The van der Waals surface area contributed by atoms with Gasteiger partial charge >= 0.3 is 5.97 Å². The number of carboxylic acid groups (broad SMARTS) is 1. The summed E-state index contributed by atoms with van der Waals surface area (Å²) in [6, 6.07) is 26.2. The number of rotatable bonds is 5. The Labute approximate surface area is 199 Å². The number of pyridine rings is 1. The van der Waals surface area contributed by atoms with E-state index in [1.165, 1.54) is 6.07 Å². The Morgan fingerprint density at radius 3 is 2.50 bits per heavy atom. The van der Waals surface area contributed by atoms with Gasteiger partial charge in [-0.25, -0.2) is 9.78 Å². The molecule has 0 bridgehead atoms. The van der Waals surface area contributed by atoms with E-state index in [-0.39, 0.29) is 11.3 Å². The number of hydrogen-bond acceptors (Lipinski definition) is 4. The highest BCUT2D eigenvalue weighted by Gasteiger charge is 2.16. The van der Waals surface area contributed by atoms with Crippen LogP contribution in [-0.4, -0.2) is 22.0 Å². The molecule has 34 heavy (non-hydrogen) atoms. The molecule has 0 saturated carbocycles. The molecule has 0 saturated heterocycles. The summed E-state index contributed by atoms with van der Waals surface area (Å²) >= 11 is 6.22. The molecule has 3 aromatic carbocycles. The Morgan fingerprint density at radius 1 is 0.882 bits per heavy atom. The fourth-order valence-corrected chi connectivity index (χ4v) is 3.94. The van der Waals surface area contributed by atoms with Crippen molar-refractivity contribution in [2.24, 2.45) is 0 Å². The first-order valence-corrected chi connectivity index (χ1v) is 10.8. The van der Waals surface area contributed by atoms with E-state index in [9.17, 15) is 14.7 Å². The Morgan fingerprint density at radius 2 is 1.68 bits per heavy atom. The molecule has 0 fully saturated rings. The van der Waals surface area contributed by atoms with Crippen LogP contribution in [0.4, 0.5) is 5.69 Å². The molecule has 0 aliphatic rings. The summed E-state index contributed by atoms with van der Waals surface area (Å²) in [5.74, 6) is -0.826. The number of para-hydroxylation sites is 1. The lowest BCUT2D eigenvalue weighted by atomic mass is 10.0. The van der Waals surface area contributed by atoms with E-state index in [1.54, 1.807) is 60.7 Å². The van der Waals surface area contributed by atoms with Gasteiger partial charge in [-0.2, -0.15) is 0 Å². The van der Waals surface area contributed by atoms with Gasteiger partial charge < -0.3 is 14.8 Å². The summed E-state index contributed by atoms with van der Waals surface area (Å²) in [5, 5.41) is 13.6. The molecule has 7 heteroatoms. The average molecular weight is 469 g/mol. The van der Waals surface area contributed by atoms with Crippen molar-refractivity contribution in [3.63, 3.8) is 0 Å². The van der Waals surface area contributed by atoms with Gasteiger partial charge in [0.1, 0.15) is 5.76 Å². The number of hydrogen-bond donors (Lipinski definition) is 2. The zero-order valence-electron chi connectivity index (χ0n) is 17.7. The van der Waals surface area contributed by atoms with Crippen LogP contribution in [0.25, 0.3) is 33.5 Å². The standard InChI is InChI=1S/C27H17ClN2O4/c28-21-10-3-1-9-19(21)24-12-13-25(34-24)26(31)29-17-7-5-6-16(14-17)23-15-20(27(32)33)18-8-2-4-11-22(18)30-23/h1-15H,(H,29,31)(H,32,33). The number of carboxylic acids is 1. The number of aromatic nitrogens is 1. The molecule has 0 radical (unpaired) electrons. The SMILES string of the molecule is O=C(Nc1cccc(-c2cc(C(=O)O)c3ccccc3n2)c1)c1ccc(-c2ccccc2Cl)o1. The minimum Gasteiger partial charge on any atom is -0.478 e. The van der Waals surface area contributed by atoms with Gasteiger partial charge in [-0.15, -0.1) is 0 Å². The fraction of sp³-hybridized carbons (Fsp3) is 0. The molecule has 0 spiro atoms. The second-order valence-corrected chi connectivity index (χ2v) is 7.96. The van der Waals surface area contributed by atoms with Gasteiger partial charge in [-0.1, -0.05) is 54.1 Å². The van der Waals surface area contributed by atoms with E-state index in [4.69, 9.17) is 16.0 Å². The molecule has 0 unspecified atom stereocenters. The minimum absolute atomic E-state index is 0.136. The quantitative estimate of drug-likeness (QED) is 0.297. The molecular weight excluding hydrogens is 452 g/mol. The van der Waals surface area contributed by atoms with Gasteiger partial charge in [-0.05, 0) is 48.5 Å². The fourth-order valence-electron chi connectivity index (χ4n) is 3.71. The van der Waals surface area contributed by atoms with Crippen LogP contribution in [0.15, 0.2) is 95.4 Å². The molecule has 5 rings (SSSR count). The Bertz CT molecular complexity index is 1560. The number of carbonyl (C=O) groups excluding carboxylic acids is 1. The van der Waals surface area contributed by atoms with E-state index in [2.05, 4.69) is 10.3 Å². The van der Waals surface area contributed by atoms with Crippen molar-refractivity contribution in [2.45, 2.75) is 0 Å². The van der Waals surface area contributed by atoms with Gasteiger partial charge in [0.15, 0.2) is 5.76 Å². The molecule has 2 aromatic heterocycles. The van der Waals surface area contributed by atoms with E-state index < -0.39 is 11.9 Å². The number of furan rings is 1. The summed E-state index contributed by atoms with van der Waals surface area (Å²) in [5.41, 5.74) is 3.12. The van der Waals surface area contributed by atoms with Crippen LogP contribution < -0.4 is 5.32 Å². The van der Waals surface area contributed by atoms with Crippen LogP contribution in [-0.2, 0) is 0 Å². The summed E-state index contributed by atoms with van der Waals surface area (Å²) in [6.07, 6.45) is 0. The number of aromatic carboxylic acids is 1. The van der Waals surface area contributed by atoms with E-state index in [1.807, 2.05) is 24.3 Å². The highest BCUT2D eigenvalue weighted by Crippen LogP contribution is 2.30. The molecule has 5 aromatic rings. The number of anilines is 1. The van der Waals surface area contributed by atoms with Crippen molar-refractivity contribution in [2.75, 3.05) is 5.32 Å². The monoisotopic (exact) mass is 468 g/mol. The van der Waals surface area contributed by atoms with E-state index in [0.29, 0.717) is 44.2 Å². The second kappa shape index (κ2) is 8.84. The third-order valence-electron chi connectivity index (χ3n) is 5.33. The maximum Gasteiger partial charge on any atom is 0.336 e. The summed E-state index contributed by atoms with van der Waals surface area (Å²) < 4.78 is 5.72. The van der Waals surface area contributed by atoms with Gasteiger partial charge in [-0.3, -0.25) is 4.79 Å². The molecular formula is C27H17ClN2O4. The minimum atomic E-state index is -1.03. The van der Waals surface area contributed by atoms with Crippen molar-refractivity contribution in [3.05, 3.63) is 107 Å². The van der Waals surface area contributed by atoms with Crippen molar-refractivity contribution in [1.82, 2.24) is 4.98 Å². The number of nitrogens with zero attached hydrogens (tertiary/aromatic N) is 1. The summed E-state index contributed by atoms with van der Waals surface area (Å²) in [6.45, 7) is 0. The largest absolute Gasteiger partial charge is 0.478 e. The second-order valence-electron chi connectivity index (χ2n) is 7.56. The Hall–Kier alpha value is -4.42. The molecule has 2 N–H and O–H groups in total. The van der Waals surface area contributed by atoms with Crippen LogP contribution in [0.2, 0.25) is 5.02 Å². The van der Waals surface area contributed by atoms with Gasteiger partial charge in [0.2, 0.25) is 0 Å². The number of halogens is 1. The Balaban J connectivity index is 1.43. The van der Waals surface area contributed by atoms with Crippen molar-refractivity contribution in [3.8, 4) is 22.6 Å². The third kappa shape index (κ3) is 4.14.